The third kappa shape index (κ3) is 5.52. The Morgan fingerprint density at radius 1 is 1.07 bits per heavy atom. The molecule has 0 N–H and O–H groups in total. The van der Waals surface area contributed by atoms with Crippen molar-refractivity contribution in [2.24, 2.45) is 0 Å². The summed E-state index contributed by atoms with van der Waals surface area (Å²) in [5.41, 5.74) is 1.84. The Bertz CT molecular complexity index is 974. The minimum absolute atomic E-state index is 0.237. The lowest BCUT2D eigenvalue weighted by atomic mass is 10.1. The van der Waals surface area contributed by atoms with Gasteiger partial charge >= 0.3 is 0 Å². The van der Waals surface area contributed by atoms with Crippen molar-refractivity contribution in [1.29, 1.82) is 0 Å². The van der Waals surface area contributed by atoms with Crippen molar-refractivity contribution >= 4 is 6.08 Å². The molecule has 8 nitrogen and oxygen atoms in total. The second kappa shape index (κ2) is 10.1. The minimum atomic E-state index is 0.237. The quantitative estimate of drug-likeness (QED) is 0.446. The van der Waals surface area contributed by atoms with Gasteiger partial charge in [0.15, 0.2) is 5.82 Å². The highest BCUT2D eigenvalue weighted by molar-refractivity contribution is 5.60. The lowest BCUT2D eigenvalue weighted by molar-refractivity contribution is 0.413. The molecule has 0 radical (unpaired) electrons. The number of aryl methyl sites for hydroxylation is 1. The van der Waals surface area contributed by atoms with Gasteiger partial charge in [0.1, 0.15) is 5.75 Å². The van der Waals surface area contributed by atoms with Gasteiger partial charge in [-0.2, -0.15) is 0 Å². The van der Waals surface area contributed by atoms with Gasteiger partial charge in [0.05, 0.1) is 12.8 Å². The first-order valence-corrected chi connectivity index (χ1v) is 10.4. The third-order valence-corrected chi connectivity index (χ3v) is 4.67. The molecule has 0 aliphatic rings. The number of aromatic nitrogens is 6. The van der Waals surface area contributed by atoms with Crippen LogP contribution in [0.1, 0.15) is 82.0 Å². The Hall–Kier alpha value is -3.03. The van der Waals surface area contributed by atoms with E-state index >= 15 is 0 Å². The first kappa shape index (κ1) is 21.7. The number of benzene rings is 1. The number of tetrazole rings is 1. The lowest BCUT2D eigenvalue weighted by Crippen LogP contribution is -2.01. The van der Waals surface area contributed by atoms with E-state index in [-0.39, 0.29) is 11.8 Å². The number of hydrogen-bond acceptors (Lipinski definition) is 7. The summed E-state index contributed by atoms with van der Waals surface area (Å²) in [4.78, 5) is 1.56. The largest absolute Gasteiger partial charge is 0.496 e. The van der Waals surface area contributed by atoms with Crippen LogP contribution in [0.15, 0.2) is 28.7 Å². The molecule has 3 aromatic rings. The summed E-state index contributed by atoms with van der Waals surface area (Å²) >= 11 is 0. The van der Waals surface area contributed by atoms with Crippen LogP contribution in [0.25, 0.3) is 11.8 Å². The minimum Gasteiger partial charge on any atom is -0.496 e. The average molecular weight is 411 g/mol. The first-order chi connectivity index (χ1) is 14.5. The van der Waals surface area contributed by atoms with E-state index in [1.807, 2.05) is 45.9 Å². The zero-order valence-corrected chi connectivity index (χ0v) is 18.4. The van der Waals surface area contributed by atoms with Gasteiger partial charge in [-0.3, -0.25) is 0 Å². The molecule has 0 unspecified atom stereocenters. The number of allylic oxidation sites excluding steroid dienone is 1. The fraction of sp³-hybridized carbons (Fsp3) is 0.500. The number of hydrogen-bond donors (Lipinski definition) is 0. The van der Waals surface area contributed by atoms with Gasteiger partial charge in [-0.15, -0.1) is 25.2 Å². The number of methoxy groups -OCH3 is 1. The van der Waals surface area contributed by atoms with E-state index in [0.717, 1.165) is 54.4 Å². The molecule has 160 valence electrons. The molecule has 2 heterocycles. The number of rotatable bonds is 10. The predicted octanol–water partition coefficient (Wildman–Crippen LogP) is 4.73. The van der Waals surface area contributed by atoms with Crippen molar-refractivity contribution in [3.8, 4) is 11.4 Å². The standard InChI is InChI=1S/C22H30N6O2/c1-15(2)21-24-27-28(26-21)18-12-13-19(29-5)17(14-18)10-8-6-7-9-11-20-23-25-22(30-20)16(3)4/h8,10,12-16H,6-7,9,11H2,1-5H3/b10-8+. The van der Waals surface area contributed by atoms with Crippen molar-refractivity contribution in [1.82, 2.24) is 30.4 Å². The van der Waals surface area contributed by atoms with E-state index in [1.54, 1.807) is 11.9 Å². The Morgan fingerprint density at radius 2 is 1.90 bits per heavy atom. The summed E-state index contributed by atoms with van der Waals surface area (Å²) < 4.78 is 11.1. The van der Waals surface area contributed by atoms with Gasteiger partial charge in [-0.25, -0.2) is 0 Å². The van der Waals surface area contributed by atoms with E-state index in [4.69, 9.17) is 9.15 Å². The van der Waals surface area contributed by atoms with E-state index in [1.165, 1.54) is 0 Å². The monoisotopic (exact) mass is 410 g/mol. The van der Waals surface area contributed by atoms with Crippen LogP contribution in [0, 0.1) is 0 Å². The van der Waals surface area contributed by atoms with E-state index in [9.17, 15) is 0 Å². The van der Waals surface area contributed by atoms with Crippen LogP contribution in [0.3, 0.4) is 0 Å². The van der Waals surface area contributed by atoms with Crippen LogP contribution in [0.2, 0.25) is 0 Å². The summed E-state index contributed by atoms with van der Waals surface area (Å²) in [6, 6.07) is 5.86. The first-order valence-electron chi connectivity index (χ1n) is 10.4. The van der Waals surface area contributed by atoms with Gasteiger partial charge < -0.3 is 9.15 Å². The predicted molar refractivity (Wildman–Crippen MR) is 115 cm³/mol. The van der Waals surface area contributed by atoms with Gasteiger partial charge in [0, 0.05) is 23.8 Å². The van der Waals surface area contributed by atoms with Crippen LogP contribution in [0.5, 0.6) is 5.75 Å². The Morgan fingerprint density at radius 3 is 2.57 bits per heavy atom. The summed E-state index contributed by atoms with van der Waals surface area (Å²) in [6.07, 6.45) is 8.04. The summed E-state index contributed by atoms with van der Waals surface area (Å²) in [7, 11) is 1.67. The van der Waals surface area contributed by atoms with Crippen molar-refractivity contribution in [2.75, 3.05) is 7.11 Å². The second-order valence-electron chi connectivity index (χ2n) is 7.85. The molecule has 0 saturated heterocycles. The van der Waals surface area contributed by atoms with Crippen molar-refractivity contribution in [3.05, 3.63) is 47.4 Å². The van der Waals surface area contributed by atoms with Gasteiger partial charge in [-0.1, -0.05) is 39.8 Å². The fourth-order valence-electron chi connectivity index (χ4n) is 2.89. The molecule has 0 aliphatic carbocycles. The maximum absolute atomic E-state index is 5.65. The molecule has 0 atom stereocenters. The molecule has 8 heteroatoms. The van der Waals surface area contributed by atoms with Crippen molar-refractivity contribution in [3.63, 3.8) is 0 Å². The average Bonchev–Trinajstić information content (AvgIpc) is 3.40. The molecule has 0 bridgehead atoms. The zero-order chi connectivity index (χ0) is 21.5. The van der Waals surface area contributed by atoms with Crippen molar-refractivity contribution in [2.45, 2.75) is 65.2 Å². The molecule has 30 heavy (non-hydrogen) atoms. The SMILES string of the molecule is COc1ccc(-n2nnc(C(C)C)n2)cc1/C=C/CCCCc1nnc(C(C)C)o1. The van der Waals surface area contributed by atoms with E-state index in [2.05, 4.69) is 37.8 Å². The van der Waals surface area contributed by atoms with E-state index in [0.29, 0.717) is 5.89 Å². The molecule has 1 aromatic carbocycles. The van der Waals surface area contributed by atoms with Gasteiger partial charge in [0.2, 0.25) is 11.8 Å². The number of nitrogens with zero attached hydrogens (tertiary/aromatic N) is 6. The molecule has 0 spiro atoms. The number of ether oxygens (including phenoxy) is 1. The van der Waals surface area contributed by atoms with Crippen LogP contribution in [-0.4, -0.2) is 37.5 Å². The molecular weight excluding hydrogens is 380 g/mol. The molecule has 3 rings (SSSR count). The van der Waals surface area contributed by atoms with Crippen molar-refractivity contribution < 1.29 is 9.15 Å². The molecule has 0 aliphatic heterocycles. The smallest absolute Gasteiger partial charge is 0.219 e. The van der Waals surface area contributed by atoms with Crippen LogP contribution < -0.4 is 4.74 Å². The molecule has 0 fully saturated rings. The zero-order valence-electron chi connectivity index (χ0n) is 18.4. The molecule has 0 saturated carbocycles. The van der Waals surface area contributed by atoms with Crippen LogP contribution >= 0.6 is 0 Å². The molecule has 0 amide bonds. The Kier molecular flexibility index (Phi) is 7.32. The Balaban J connectivity index is 1.56. The highest BCUT2D eigenvalue weighted by Crippen LogP contribution is 2.23. The lowest BCUT2D eigenvalue weighted by Gasteiger charge is -2.07. The van der Waals surface area contributed by atoms with Crippen LogP contribution in [-0.2, 0) is 6.42 Å². The topological polar surface area (TPSA) is 91.8 Å². The fourth-order valence-corrected chi connectivity index (χ4v) is 2.89. The van der Waals surface area contributed by atoms with Gasteiger partial charge in [-0.05, 0) is 42.7 Å². The highest BCUT2D eigenvalue weighted by Gasteiger charge is 2.10. The molecular formula is C22H30N6O2. The summed E-state index contributed by atoms with van der Waals surface area (Å²) in [5, 5.41) is 20.9. The van der Waals surface area contributed by atoms with Gasteiger partial charge in [0.25, 0.3) is 0 Å². The third-order valence-electron chi connectivity index (χ3n) is 4.67. The summed E-state index contributed by atoms with van der Waals surface area (Å²) in [6.45, 7) is 8.19. The van der Waals surface area contributed by atoms with E-state index < -0.39 is 0 Å². The van der Waals surface area contributed by atoms with Crippen LogP contribution in [0.4, 0.5) is 0 Å². The molecule has 2 aromatic heterocycles. The second-order valence-corrected chi connectivity index (χ2v) is 7.85. The normalized spacial score (nSPS) is 11.8. The Labute approximate surface area is 177 Å². The number of unbranched alkanes of at least 4 members (excludes halogenated alkanes) is 2. The maximum Gasteiger partial charge on any atom is 0.219 e. The highest BCUT2D eigenvalue weighted by atomic mass is 16.5. The summed E-state index contributed by atoms with van der Waals surface area (Å²) in [5.74, 6) is 3.47. The maximum atomic E-state index is 5.65.